The van der Waals surface area contributed by atoms with Crippen LogP contribution in [0.4, 0.5) is 13.6 Å². The van der Waals surface area contributed by atoms with Crippen molar-refractivity contribution < 1.29 is 18.4 Å². The number of amides is 3. The molecule has 0 heterocycles. The van der Waals surface area contributed by atoms with E-state index in [1.54, 1.807) is 0 Å². The molecule has 5 nitrogen and oxygen atoms in total. The molecule has 0 unspecified atom stereocenters. The topological polar surface area (TPSA) is 75.4 Å². The fraction of sp³-hybridized carbons (Fsp3) is 0.500. The first-order valence-electron chi connectivity index (χ1n) is 2.66. The molecule has 0 radical (unpaired) electrons. The van der Waals surface area contributed by atoms with Gasteiger partial charge in [-0.15, -0.1) is 0 Å². The zero-order chi connectivity index (χ0) is 9.94. The van der Waals surface area contributed by atoms with Gasteiger partial charge in [0.15, 0.2) is 0 Å². The van der Waals surface area contributed by atoms with E-state index in [0.717, 1.165) is 7.05 Å². The van der Waals surface area contributed by atoms with Crippen molar-refractivity contribution in [3.05, 3.63) is 0 Å². The van der Waals surface area contributed by atoms with Gasteiger partial charge in [-0.05, 0) is 11.6 Å². The van der Waals surface area contributed by atoms with Crippen LogP contribution in [0, 0.1) is 0 Å². The van der Waals surface area contributed by atoms with Crippen molar-refractivity contribution in [2.45, 2.75) is 5.38 Å². The normalized spacial score (nSPS) is 10.7. The van der Waals surface area contributed by atoms with Gasteiger partial charge >= 0.3 is 17.3 Å². The fourth-order valence-electron chi connectivity index (χ4n) is 0.271. The van der Waals surface area contributed by atoms with Crippen molar-refractivity contribution in [1.82, 2.24) is 10.4 Å². The highest BCUT2D eigenvalue weighted by molar-refractivity contribution is 6.32. The van der Waals surface area contributed by atoms with Crippen molar-refractivity contribution in [1.29, 1.82) is 0 Å². The maximum atomic E-state index is 11.9. The lowest BCUT2D eigenvalue weighted by Gasteiger charge is -2.16. The molecule has 8 heteroatoms. The zero-order valence-corrected chi connectivity index (χ0v) is 6.73. The molecule has 0 spiro atoms. The number of rotatable bonds is 1. The average Bonchev–Trinajstić information content (AvgIpc) is 1.85. The lowest BCUT2D eigenvalue weighted by molar-refractivity contribution is -0.139. The third kappa shape index (κ3) is 3.33. The molecule has 3 N–H and O–H groups in total. The summed E-state index contributed by atoms with van der Waals surface area (Å²) in [6, 6.07) is -1.08. The van der Waals surface area contributed by atoms with Gasteiger partial charge in [0, 0.05) is 7.05 Å². The summed E-state index contributed by atoms with van der Waals surface area (Å²) in [5.74, 6) is -1.81. The predicted molar refractivity (Wildman–Crippen MR) is 36.3 cm³/mol. The molecular formula is C4H6ClF2N3O2. The summed E-state index contributed by atoms with van der Waals surface area (Å²) in [5.41, 5.74) is 6.07. The van der Waals surface area contributed by atoms with Crippen LogP contribution in [-0.2, 0) is 4.79 Å². The van der Waals surface area contributed by atoms with Gasteiger partial charge in [-0.25, -0.2) is 9.80 Å². The van der Waals surface area contributed by atoms with E-state index in [1.807, 2.05) is 0 Å². The highest BCUT2D eigenvalue weighted by Crippen LogP contribution is 2.18. The molecular weight excluding hydrogens is 196 g/mol. The number of nitrogens with two attached hydrogens (primary N) is 1. The zero-order valence-electron chi connectivity index (χ0n) is 5.97. The highest BCUT2D eigenvalue weighted by Gasteiger charge is 2.36. The minimum Gasteiger partial charge on any atom is -0.350 e. The average molecular weight is 202 g/mol. The van der Waals surface area contributed by atoms with E-state index in [1.165, 1.54) is 5.43 Å². The fourth-order valence-corrected chi connectivity index (χ4v) is 0.313. The molecule has 0 bridgehead atoms. The molecule has 0 rings (SSSR count). The largest absolute Gasteiger partial charge is 0.401 e. The van der Waals surface area contributed by atoms with Crippen LogP contribution in [-0.4, -0.2) is 29.4 Å². The summed E-state index contributed by atoms with van der Waals surface area (Å²) < 4.78 is 23.8. The lowest BCUT2D eigenvalue weighted by Crippen LogP contribution is -2.50. The molecule has 0 fully saturated rings. The Morgan fingerprint density at radius 1 is 1.58 bits per heavy atom. The van der Waals surface area contributed by atoms with Crippen molar-refractivity contribution >= 4 is 23.5 Å². The second kappa shape index (κ2) is 3.53. The number of carbonyl (C=O) groups is 2. The van der Waals surface area contributed by atoms with Crippen LogP contribution in [0.3, 0.4) is 0 Å². The summed E-state index contributed by atoms with van der Waals surface area (Å²) >= 11 is 4.31. The van der Waals surface area contributed by atoms with E-state index in [0.29, 0.717) is 5.01 Å². The van der Waals surface area contributed by atoms with Crippen molar-refractivity contribution in [3.63, 3.8) is 0 Å². The molecule has 0 aromatic rings. The number of carbonyl (C=O) groups excluding carboxylic acids is 2. The van der Waals surface area contributed by atoms with Crippen LogP contribution in [0.1, 0.15) is 0 Å². The van der Waals surface area contributed by atoms with Gasteiger partial charge in [-0.1, -0.05) is 0 Å². The van der Waals surface area contributed by atoms with Crippen LogP contribution in [0.15, 0.2) is 0 Å². The van der Waals surface area contributed by atoms with Gasteiger partial charge < -0.3 is 5.73 Å². The molecule has 0 aliphatic rings. The third-order valence-electron chi connectivity index (χ3n) is 0.857. The molecule has 0 aromatic carbocycles. The Morgan fingerprint density at radius 2 is 2.00 bits per heavy atom. The number of alkyl halides is 3. The van der Waals surface area contributed by atoms with Crippen molar-refractivity contribution in [2.75, 3.05) is 7.05 Å². The van der Waals surface area contributed by atoms with E-state index >= 15 is 0 Å². The molecule has 0 saturated carbocycles. The van der Waals surface area contributed by atoms with Crippen LogP contribution in [0.5, 0.6) is 0 Å². The van der Waals surface area contributed by atoms with E-state index in [4.69, 9.17) is 0 Å². The van der Waals surface area contributed by atoms with E-state index < -0.39 is 17.3 Å². The van der Waals surface area contributed by atoms with Gasteiger partial charge in [-0.3, -0.25) is 10.2 Å². The summed E-state index contributed by atoms with van der Waals surface area (Å²) in [4.78, 5) is 20.5. The maximum Gasteiger partial charge on any atom is 0.401 e. The second-order valence-electron chi connectivity index (χ2n) is 1.84. The molecule has 3 amide bonds. The molecule has 70 valence electrons. The Labute approximate surface area is 71.4 Å². The van der Waals surface area contributed by atoms with Crippen LogP contribution >= 0.6 is 11.6 Å². The maximum absolute atomic E-state index is 11.9. The summed E-state index contributed by atoms with van der Waals surface area (Å²) in [6.45, 7) is 0. The Balaban J connectivity index is 4.11. The van der Waals surface area contributed by atoms with Gasteiger partial charge in [-0.2, -0.15) is 8.78 Å². The van der Waals surface area contributed by atoms with Gasteiger partial charge in [0.2, 0.25) is 0 Å². The second-order valence-corrected chi connectivity index (χ2v) is 2.31. The van der Waals surface area contributed by atoms with Gasteiger partial charge in [0.1, 0.15) is 0 Å². The first-order valence-corrected chi connectivity index (χ1v) is 3.04. The Kier molecular flexibility index (Phi) is 3.20. The standard InChI is InChI=1S/C4H6ClF2N3O2/c1-10(3(8)12)9-2(11)4(5,6)7/h1H3,(H2,8,12)(H,9,11). The van der Waals surface area contributed by atoms with Crippen molar-refractivity contribution in [3.8, 4) is 0 Å². The number of primary amides is 1. The summed E-state index contributed by atoms with van der Waals surface area (Å²) in [5, 5.41) is -3.66. The smallest absolute Gasteiger partial charge is 0.350 e. The van der Waals surface area contributed by atoms with Crippen LogP contribution in [0.25, 0.3) is 0 Å². The third-order valence-corrected chi connectivity index (χ3v) is 1.03. The molecule has 0 saturated heterocycles. The minimum absolute atomic E-state index is 0.388. The molecule has 0 aliphatic carbocycles. The Bertz CT molecular complexity index is 205. The molecule has 12 heavy (non-hydrogen) atoms. The van der Waals surface area contributed by atoms with Crippen LogP contribution in [0.2, 0.25) is 0 Å². The monoisotopic (exact) mass is 201 g/mol. The minimum atomic E-state index is -4.05. The number of halogens is 3. The van der Waals surface area contributed by atoms with Crippen LogP contribution < -0.4 is 11.2 Å². The Hall–Kier alpha value is -1.11. The summed E-state index contributed by atoms with van der Waals surface area (Å²) in [7, 11) is 1.00. The Morgan fingerprint density at radius 3 is 2.25 bits per heavy atom. The van der Waals surface area contributed by atoms with E-state index in [2.05, 4.69) is 17.3 Å². The number of urea groups is 1. The van der Waals surface area contributed by atoms with Gasteiger partial charge in [0.05, 0.1) is 0 Å². The molecule has 0 atom stereocenters. The number of hydrazine groups is 1. The first-order chi connectivity index (χ1) is 5.25. The predicted octanol–water partition coefficient (Wildman–Crippen LogP) is -0.140. The lowest BCUT2D eigenvalue weighted by atomic mass is 10.6. The molecule has 0 aliphatic heterocycles. The van der Waals surface area contributed by atoms with E-state index in [-0.39, 0.29) is 0 Å². The number of nitrogens with one attached hydrogen (secondary N) is 1. The molecule has 0 aromatic heterocycles. The first kappa shape index (κ1) is 10.9. The SMILES string of the molecule is CN(NC(=O)C(F)(F)Cl)C(N)=O. The van der Waals surface area contributed by atoms with E-state index in [9.17, 15) is 18.4 Å². The number of hydrogen-bond acceptors (Lipinski definition) is 2. The van der Waals surface area contributed by atoms with Crippen molar-refractivity contribution in [2.24, 2.45) is 5.73 Å². The number of hydrogen-bond donors (Lipinski definition) is 2. The highest BCUT2D eigenvalue weighted by atomic mass is 35.5. The number of nitrogens with zero attached hydrogens (tertiary/aromatic N) is 1. The summed E-state index contributed by atoms with van der Waals surface area (Å²) in [6.07, 6.45) is 0. The quantitative estimate of drug-likeness (QED) is 0.458. The van der Waals surface area contributed by atoms with Gasteiger partial charge in [0.25, 0.3) is 0 Å².